The van der Waals surface area contributed by atoms with Crippen molar-refractivity contribution in [3.05, 3.63) is 12.2 Å². The maximum atomic E-state index is 2.38. The van der Waals surface area contributed by atoms with Crippen LogP contribution in [-0.2, 0) is 0 Å². The molecule has 0 fully saturated rings. The molecule has 2 unspecified atom stereocenters. The van der Waals surface area contributed by atoms with Gasteiger partial charge >= 0.3 is 0 Å². The standard InChI is InChI=1S/C8H16B2/c9-7-3-1-2-4-8(10)6-5-7/h5-8H,1-4,9-10H2/b6-5+. The second kappa shape index (κ2) is 3.90. The van der Waals surface area contributed by atoms with Crippen LogP contribution in [0.4, 0.5) is 0 Å². The van der Waals surface area contributed by atoms with Crippen molar-refractivity contribution < 1.29 is 0 Å². The molecule has 0 amide bonds. The molecule has 0 aromatic rings. The number of hydrogen-bond donors (Lipinski definition) is 0. The highest BCUT2D eigenvalue weighted by Crippen LogP contribution is 2.22. The highest BCUT2D eigenvalue weighted by molar-refractivity contribution is 6.14. The van der Waals surface area contributed by atoms with E-state index in [0.29, 0.717) is 0 Å². The molecule has 0 radical (unpaired) electrons. The largest absolute Gasteiger partial charge is 0.110 e. The molecule has 0 N–H and O–H groups in total. The summed E-state index contributed by atoms with van der Waals surface area (Å²) in [4.78, 5) is 0. The van der Waals surface area contributed by atoms with Crippen LogP contribution in [0.2, 0.25) is 11.6 Å². The fourth-order valence-electron chi connectivity index (χ4n) is 1.50. The summed E-state index contributed by atoms with van der Waals surface area (Å²) in [5.74, 6) is 1.64. The van der Waals surface area contributed by atoms with E-state index >= 15 is 0 Å². The zero-order valence-electron chi connectivity index (χ0n) is 7.14. The highest BCUT2D eigenvalue weighted by Gasteiger charge is 2.04. The Hall–Kier alpha value is -0.130. The van der Waals surface area contributed by atoms with Gasteiger partial charge in [-0.3, -0.25) is 0 Å². The third kappa shape index (κ3) is 2.64. The van der Waals surface area contributed by atoms with E-state index in [4.69, 9.17) is 0 Å². The monoisotopic (exact) mass is 134 g/mol. The molecule has 0 spiro atoms. The number of allylic oxidation sites excluding steroid dienone is 2. The fraction of sp³-hybridized carbons (Fsp3) is 0.750. The van der Waals surface area contributed by atoms with Crippen molar-refractivity contribution in [2.45, 2.75) is 37.3 Å². The lowest BCUT2D eigenvalue weighted by Crippen LogP contribution is -1.96. The Balaban J connectivity index is 2.42. The molecule has 0 aromatic carbocycles. The summed E-state index contributed by atoms with van der Waals surface area (Å²) in [6.45, 7) is 0. The molecular formula is C8H16B2. The smallest absolute Gasteiger partial charge is 0.0938 e. The van der Waals surface area contributed by atoms with Crippen molar-refractivity contribution in [3.63, 3.8) is 0 Å². The lowest BCUT2D eigenvalue weighted by molar-refractivity contribution is 0.637. The quantitative estimate of drug-likeness (QED) is 0.341. The molecule has 0 saturated heterocycles. The van der Waals surface area contributed by atoms with Gasteiger partial charge in [0.1, 0.15) is 15.7 Å². The van der Waals surface area contributed by atoms with Crippen LogP contribution in [0.15, 0.2) is 12.2 Å². The van der Waals surface area contributed by atoms with E-state index < -0.39 is 0 Å². The van der Waals surface area contributed by atoms with Crippen LogP contribution in [0, 0.1) is 0 Å². The summed E-state index contributed by atoms with van der Waals surface area (Å²) < 4.78 is 0. The summed E-state index contributed by atoms with van der Waals surface area (Å²) in [6.07, 6.45) is 10.4. The van der Waals surface area contributed by atoms with Gasteiger partial charge in [-0.25, -0.2) is 0 Å². The molecule has 10 heavy (non-hydrogen) atoms. The van der Waals surface area contributed by atoms with Crippen LogP contribution < -0.4 is 0 Å². The van der Waals surface area contributed by atoms with Crippen LogP contribution in [0.5, 0.6) is 0 Å². The van der Waals surface area contributed by atoms with Gasteiger partial charge in [-0.05, 0) is 0 Å². The first-order valence-electron chi connectivity index (χ1n) is 4.47. The van der Waals surface area contributed by atoms with E-state index in [2.05, 4.69) is 27.8 Å². The van der Waals surface area contributed by atoms with Crippen LogP contribution in [-0.4, -0.2) is 15.7 Å². The van der Waals surface area contributed by atoms with Crippen molar-refractivity contribution in [2.24, 2.45) is 0 Å². The SMILES string of the molecule is BC1/C=C/C(B)CCCC1. The van der Waals surface area contributed by atoms with Gasteiger partial charge in [0, 0.05) is 0 Å². The van der Waals surface area contributed by atoms with Crippen LogP contribution in [0.25, 0.3) is 0 Å². The second-order valence-corrected chi connectivity index (χ2v) is 3.62. The van der Waals surface area contributed by atoms with Gasteiger partial charge in [-0.2, -0.15) is 0 Å². The molecule has 0 bridgehead atoms. The Labute approximate surface area is 65.9 Å². The first kappa shape index (κ1) is 7.97. The van der Waals surface area contributed by atoms with Crippen molar-refractivity contribution in [1.29, 1.82) is 0 Å². The lowest BCUT2D eigenvalue weighted by atomic mass is 9.75. The molecule has 0 aromatic heterocycles. The molecule has 2 atom stereocenters. The average Bonchev–Trinajstić information content (AvgIpc) is 1.90. The van der Waals surface area contributed by atoms with Gasteiger partial charge in [0.25, 0.3) is 0 Å². The molecule has 0 saturated carbocycles. The minimum absolute atomic E-state index is 0.822. The van der Waals surface area contributed by atoms with Crippen LogP contribution in [0.1, 0.15) is 25.7 Å². The first-order chi connectivity index (χ1) is 4.79. The zero-order chi connectivity index (χ0) is 7.40. The van der Waals surface area contributed by atoms with Gasteiger partial charge in [0.15, 0.2) is 0 Å². The predicted molar refractivity (Wildman–Crippen MR) is 52.2 cm³/mol. The summed E-state index contributed by atoms with van der Waals surface area (Å²) in [6, 6.07) is 0. The van der Waals surface area contributed by atoms with E-state index in [9.17, 15) is 0 Å². The molecule has 1 aliphatic carbocycles. The van der Waals surface area contributed by atoms with E-state index in [1.54, 1.807) is 0 Å². The zero-order valence-corrected chi connectivity index (χ0v) is 7.14. The molecule has 1 aliphatic rings. The van der Waals surface area contributed by atoms with Gasteiger partial charge in [0.2, 0.25) is 0 Å². The van der Waals surface area contributed by atoms with Crippen molar-refractivity contribution in [2.75, 3.05) is 0 Å². The average molecular weight is 134 g/mol. The highest BCUT2D eigenvalue weighted by atomic mass is 14.0. The third-order valence-corrected chi connectivity index (χ3v) is 2.34. The maximum absolute atomic E-state index is 2.38. The second-order valence-electron chi connectivity index (χ2n) is 3.62. The van der Waals surface area contributed by atoms with E-state index in [0.717, 1.165) is 11.6 Å². The summed E-state index contributed by atoms with van der Waals surface area (Å²) >= 11 is 0. The normalized spacial score (nSPS) is 38.0. The molecule has 2 heteroatoms. The summed E-state index contributed by atoms with van der Waals surface area (Å²) in [5.41, 5.74) is 0. The van der Waals surface area contributed by atoms with E-state index in [1.807, 2.05) is 0 Å². The minimum Gasteiger partial charge on any atom is -0.0938 e. The molecule has 0 aliphatic heterocycles. The van der Waals surface area contributed by atoms with Gasteiger partial charge in [-0.15, -0.1) is 0 Å². The van der Waals surface area contributed by atoms with Gasteiger partial charge in [-0.1, -0.05) is 49.5 Å². The Morgan fingerprint density at radius 3 is 1.70 bits per heavy atom. The first-order valence-corrected chi connectivity index (χ1v) is 4.47. The molecule has 54 valence electrons. The maximum Gasteiger partial charge on any atom is 0.110 e. The molecular weight excluding hydrogens is 118 g/mol. The number of hydrogen-bond acceptors (Lipinski definition) is 0. The Kier molecular flexibility index (Phi) is 3.11. The fourth-order valence-corrected chi connectivity index (χ4v) is 1.50. The van der Waals surface area contributed by atoms with E-state index in [-0.39, 0.29) is 0 Å². The topological polar surface area (TPSA) is 0 Å². The third-order valence-electron chi connectivity index (χ3n) is 2.34. The molecule has 0 nitrogen and oxygen atoms in total. The minimum atomic E-state index is 0.822. The lowest BCUT2D eigenvalue weighted by Gasteiger charge is -2.13. The number of rotatable bonds is 0. The van der Waals surface area contributed by atoms with E-state index in [1.165, 1.54) is 25.7 Å². The van der Waals surface area contributed by atoms with Gasteiger partial charge < -0.3 is 0 Å². The summed E-state index contributed by atoms with van der Waals surface area (Å²) in [5, 5.41) is 0. The van der Waals surface area contributed by atoms with Crippen LogP contribution >= 0.6 is 0 Å². The Morgan fingerprint density at radius 1 is 0.900 bits per heavy atom. The van der Waals surface area contributed by atoms with Crippen molar-refractivity contribution in [1.82, 2.24) is 0 Å². The Bertz CT molecular complexity index is 106. The Morgan fingerprint density at radius 2 is 1.30 bits per heavy atom. The summed E-state index contributed by atoms with van der Waals surface area (Å²) in [7, 11) is 4.63. The van der Waals surface area contributed by atoms with Gasteiger partial charge in [0.05, 0.1) is 0 Å². The van der Waals surface area contributed by atoms with Crippen LogP contribution in [0.3, 0.4) is 0 Å². The predicted octanol–water partition coefficient (Wildman–Crippen LogP) is 0.960. The van der Waals surface area contributed by atoms with Crippen molar-refractivity contribution in [3.8, 4) is 0 Å². The molecule has 0 heterocycles. The van der Waals surface area contributed by atoms with Crippen molar-refractivity contribution >= 4 is 15.7 Å². The molecule has 1 rings (SSSR count).